The number of carboxylic acid groups (broad SMARTS) is 1. The molecule has 0 bridgehead atoms. The molecule has 4 rings (SSSR count). The molecule has 1 atom stereocenters. The Balaban J connectivity index is 1.58. The maximum absolute atomic E-state index is 13.3. The number of aryl methyl sites for hydroxylation is 1. The van der Waals surface area contributed by atoms with Crippen molar-refractivity contribution >= 4 is 35.8 Å². The predicted octanol–water partition coefficient (Wildman–Crippen LogP) is 6.96. The number of carbonyl (C=O) groups is 2. The summed E-state index contributed by atoms with van der Waals surface area (Å²) in [6.45, 7) is 1.99. The van der Waals surface area contributed by atoms with E-state index in [-0.39, 0.29) is 0 Å². The Hall–Kier alpha value is -4.36. The Morgan fingerprint density at radius 1 is 0.949 bits per heavy atom. The van der Waals surface area contributed by atoms with Crippen LogP contribution in [0.25, 0.3) is 23.3 Å². The Morgan fingerprint density at radius 2 is 1.67 bits per heavy atom. The predicted molar refractivity (Wildman–Crippen MR) is 158 cm³/mol. The molecule has 6 nitrogen and oxygen atoms in total. The third-order valence-electron chi connectivity index (χ3n) is 6.13. The second-order valence-electron chi connectivity index (χ2n) is 8.94. The van der Waals surface area contributed by atoms with Crippen LogP contribution in [0.1, 0.15) is 33.5 Å². The minimum atomic E-state index is -1.04. The van der Waals surface area contributed by atoms with Crippen molar-refractivity contribution in [3.8, 4) is 22.8 Å². The molecule has 0 aliphatic rings. The van der Waals surface area contributed by atoms with Gasteiger partial charge in [-0.15, -0.1) is 0 Å². The number of para-hydroxylation sites is 1. The van der Waals surface area contributed by atoms with Crippen LogP contribution in [0, 0.1) is 6.92 Å². The van der Waals surface area contributed by atoms with Crippen LogP contribution in [0.15, 0.2) is 91.1 Å². The first-order chi connectivity index (χ1) is 18.9. The number of carbonyl (C=O) groups excluding carboxylic acids is 1. The van der Waals surface area contributed by atoms with Gasteiger partial charge in [0.2, 0.25) is 5.88 Å². The SMILES string of the molecule is CSCC[C@H](NC(=O)c1ccc(C=Cc2ccc(Oc3ccccc3)nc2)cc1-c1ccccc1C)C(=O)O. The third kappa shape index (κ3) is 7.58. The van der Waals surface area contributed by atoms with E-state index < -0.39 is 17.9 Å². The van der Waals surface area contributed by atoms with Gasteiger partial charge in [0.05, 0.1) is 0 Å². The van der Waals surface area contributed by atoms with E-state index in [1.165, 1.54) is 0 Å². The average molecular weight is 539 g/mol. The van der Waals surface area contributed by atoms with Crippen molar-refractivity contribution in [3.63, 3.8) is 0 Å². The molecule has 0 aliphatic carbocycles. The van der Waals surface area contributed by atoms with Gasteiger partial charge in [0.25, 0.3) is 5.91 Å². The van der Waals surface area contributed by atoms with Crippen molar-refractivity contribution in [1.82, 2.24) is 10.3 Å². The van der Waals surface area contributed by atoms with Crippen molar-refractivity contribution in [2.75, 3.05) is 12.0 Å². The van der Waals surface area contributed by atoms with Crippen LogP contribution in [-0.2, 0) is 4.79 Å². The standard InChI is InChI=1S/C32H30N2O4S/c1-22-8-6-7-11-26(22)28-20-23(14-16-27(28)31(35)34-29(32(36)37)18-19-39-2)12-13-24-15-17-30(33-21-24)38-25-9-4-3-5-10-25/h3-17,20-21,29H,18-19H2,1-2H3,(H,34,35)(H,36,37)/t29-/m0/s1. The fraction of sp³-hybridized carbons (Fsp3) is 0.156. The second-order valence-corrected chi connectivity index (χ2v) is 9.93. The molecule has 0 radical (unpaired) electrons. The van der Waals surface area contributed by atoms with Crippen LogP contribution < -0.4 is 10.1 Å². The molecule has 1 heterocycles. The Bertz CT molecular complexity index is 1450. The Kier molecular flexibility index (Phi) is 9.53. The first kappa shape index (κ1) is 27.7. The molecule has 198 valence electrons. The number of aliphatic carboxylic acids is 1. The minimum Gasteiger partial charge on any atom is -0.480 e. The summed E-state index contributed by atoms with van der Waals surface area (Å²) in [6, 6.07) is 25.7. The molecular formula is C32H30N2O4S. The number of amides is 1. The van der Waals surface area contributed by atoms with Crippen molar-refractivity contribution in [1.29, 1.82) is 0 Å². The van der Waals surface area contributed by atoms with Crippen molar-refractivity contribution in [3.05, 3.63) is 113 Å². The summed E-state index contributed by atoms with van der Waals surface area (Å²) >= 11 is 1.55. The molecular weight excluding hydrogens is 508 g/mol. The molecule has 0 spiro atoms. The van der Waals surface area contributed by atoms with Gasteiger partial charge in [0.15, 0.2) is 0 Å². The number of aromatic nitrogens is 1. The molecule has 0 saturated heterocycles. The first-order valence-electron chi connectivity index (χ1n) is 12.5. The van der Waals surface area contributed by atoms with E-state index in [1.54, 1.807) is 24.0 Å². The zero-order chi connectivity index (χ0) is 27.6. The minimum absolute atomic E-state index is 0.353. The van der Waals surface area contributed by atoms with Crippen molar-refractivity contribution in [2.45, 2.75) is 19.4 Å². The van der Waals surface area contributed by atoms with Gasteiger partial charge in [-0.25, -0.2) is 9.78 Å². The summed E-state index contributed by atoms with van der Waals surface area (Å²) in [5.74, 6) is 0.423. The van der Waals surface area contributed by atoms with Crippen LogP contribution in [0.2, 0.25) is 0 Å². The highest BCUT2D eigenvalue weighted by Gasteiger charge is 2.22. The van der Waals surface area contributed by atoms with Gasteiger partial charge in [-0.3, -0.25) is 4.79 Å². The van der Waals surface area contributed by atoms with Gasteiger partial charge < -0.3 is 15.2 Å². The van der Waals surface area contributed by atoms with Gasteiger partial charge in [-0.05, 0) is 83.5 Å². The summed E-state index contributed by atoms with van der Waals surface area (Å²) in [5.41, 5.74) is 4.90. The van der Waals surface area contributed by atoms with Crippen LogP contribution in [0.5, 0.6) is 11.6 Å². The topological polar surface area (TPSA) is 88.5 Å². The van der Waals surface area contributed by atoms with Gasteiger partial charge >= 0.3 is 5.97 Å². The molecule has 7 heteroatoms. The lowest BCUT2D eigenvalue weighted by Gasteiger charge is -2.17. The lowest BCUT2D eigenvalue weighted by atomic mass is 9.93. The number of nitrogens with one attached hydrogen (secondary N) is 1. The zero-order valence-electron chi connectivity index (χ0n) is 21.8. The van der Waals surface area contributed by atoms with Crippen LogP contribution in [0.3, 0.4) is 0 Å². The number of ether oxygens (including phenoxy) is 1. The number of nitrogens with zero attached hydrogens (tertiary/aromatic N) is 1. The smallest absolute Gasteiger partial charge is 0.326 e. The van der Waals surface area contributed by atoms with Gasteiger partial charge in [-0.2, -0.15) is 11.8 Å². The number of rotatable bonds is 11. The monoisotopic (exact) mass is 538 g/mol. The maximum atomic E-state index is 13.3. The summed E-state index contributed by atoms with van der Waals surface area (Å²) in [6.07, 6.45) is 7.90. The summed E-state index contributed by atoms with van der Waals surface area (Å²) in [5, 5.41) is 12.3. The molecule has 4 aromatic rings. The van der Waals surface area contributed by atoms with Gasteiger partial charge in [-0.1, -0.05) is 60.7 Å². The fourth-order valence-electron chi connectivity index (χ4n) is 4.04. The van der Waals surface area contributed by atoms with Gasteiger partial charge in [0, 0.05) is 17.8 Å². The molecule has 0 fully saturated rings. The number of thioether (sulfide) groups is 1. The summed E-state index contributed by atoms with van der Waals surface area (Å²) in [4.78, 5) is 29.4. The number of pyridine rings is 1. The zero-order valence-corrected chi connectivity index (χ0v) is 22.7. The average Bonchev–Trinajstić information content (AvgIpc) is 2.95. The van der Waals surface area contributed by atoms with E-state index >= 15 is 0 Å². The molecule has 0 aliphatic heterocycles. The van der Waals surface area contributed by atoms with Crippen molar-refractivity contribution < 1.29 is 19.4 Å². The highest BCUT2D eigenvalue weighted by atomic mass is 32.2. The molecule has 0 saturated carbocycles. The summed E-state index contributed by atoms with van der Waals surface area (Å²) in [7, 11) is 0. The highest BCUT2D eigenvalue weighted by molar-refractivity contribution is 7.98. The quantitative estimate of drug-likeness (QED) is 0.215. The van der Waals surface area contributed by atoms with E-state index in [2.05, 4.69) is 10.3 Å². The lowest BCUT2D eigenvalue weighted by Crippen LogP contribution is -2.41. The van der Waals surface area contributed by atoms with Crippen LogP contribution >= 0.6 is 11.8 Å². The number of carboxylic acids is 1. The van der Waals surface area contributed by atoms with E-state index in [9.17, 15) is 14.7 Å². The number of hydrogen-bond acceptors (Lipinski definition) is 5. The van der Waals surface area contributed by atoms with E-state index in [4.69, 9.17) is 4.74 Å². The van der Waals surface area contributed by atoms with Crippen molar-refractivity contribution in [2.24, 2.45) is 0 Å². The first-order valence-corrected chi connectivity index (χ1v) is 13.9. The number of benzene rings is 3. The Labute approximate surface area is 232 Å². The summed E-state index contributed by atoms with van der Waals surface area (Å²) < 4.78 is 5.76. The largest absolute Gasteiger partial charge is 0.480 e. The molecule has 0 unspecified atom stereocenters. The second kappa shape index (κ2) is 13.4. The fourth-order valence-corrected chi connectivity index (χ4v) is 4.51. The molecule has 1 aromatic heterocycles. The van der Waals surface area contributed by atoms with Gasteiger partial charge in [0.1, 0.15) is 11.8 Å². The van der Waals surface area contributed by atoms with E-state index in [1.807, 2.05) is 104 Å². The molecule has 1 amide bonds. The lowest BCUT2D eigenvalue weighted by molar-refractivity contribution is -0.139. The number of hydrogen-bond donors (Lipinski definition) is 2. The van der Waals surface area contributed by atoms with Crippen LogP contribution in [0.4, 0.5) is 0 Å². The van der Waals surface area contributed by atoms with E-state index in [0.29, 0.717) is 23.6 Å². The molecule has 39 heavy (non-hydrogen) atoms. The highest BCUT2D eigenvalue weighted by Crippen LogP contribution is 2.29. The Morgan fingerprint density at radius 3 is 2.36 bits per heavy atom. The maximum Gasteiger partial charge on any atom is 0.326 e. The van der Waals surface area contributed by atoms with E-state index in [0.717, 1.165) is 33.6 Å². The molecule has 2 N–H and O–H groups in total. The third-order valence-corrected chi connectivity index (χ3v) is 6.77. The van der Waals surface area contributed by atoms with Crippen LogP contribution in [-0.4, -0.2) is 40.0 Å². The molecule has 3 aromatic carbocycles. The normalized spacial score (nSPS) is 11.7.